The number of aromatic amines is 1. The molecule has 1 amide bonds. The van der Waals surface area contributed by atoms with Crippen LogP contribution >= 0.6 is 7.60 Å². The number of imidazole rings is 1. The fourth-order valence-electron chi connectivity index (χ4n) is 3.58. The van der Waals surface area contributed by atoms with E-state index in [9.17, 15) is 29.0 Å². The third kappa shape index (κ3) is 5.78. The molecule has 14 nitrogen and oxygen atoms in total. The molecule has 1 aliphatic rings. The van der Waals surface area contributed by atoms with E-state index in [1.54, 1.807) is 13.8 Å². The quantitative estimate of drug-likeness (QED) is 0.216. The molecule has 4 atom stereocenters. The molecular weight excluding hydrogens is 511 g/mol. The Hall–Kier alpha value is -1.97. The van der Waals surface area contributed by atoms with E-state index in [1.807, 2.05) is 33.9 Å². The fourth-order valence-corrected chi connectivity index (χ4v) is 6.18. The Morgan fingerprint density at radius 3 is 2.47 bits per heavy atom. The lowest BCUT2D eigenvalue weighted by Crippen LogP contribution is -2.48. The van der Waals surface area contributed by atoms with Crippen molar-refractivity contribution in [1.29, 1.82) is 0 Å². The van der Waals surface area contributed by atoms with Crippen molar-refractivity contribution in [3.05, 3.63) is 16.7 Å². The summed E-state index contributed by atoms with van der Waals surface area (Å²) in [6, 6.07) is 0. The largest absolute Gasteiger partial charge is 0.408 e. The van der Waals surface area contributed by atoms with Crippen molar-refractivity contribution in [3.8, 4) is 0 Å². The first-order valence-corrected chi connectivity index (χ1v) is 15.8. The molecule has 16 heteroatoms. The molecule has 0 aliphatic carbocycles. The summed E-state index contributed by atoms with van der Waals surface area (Å²) in [5.41, 5.74) is -2.09. The molecule has 2 aromatic rings. The van der Waals surface area contributed by atoms with Gasteiger partial charge in [0.2, 0.25) is 11.9 Å². The molecule has 0 saturated carbocycles. The number of nitrogens with one attached hydrogen (secondary N) is 2. The molecule has 0 bridgehead atoms. The molecule has 0 spiro atoms. The standard InChI is InChI=1S/C20H34N5O8PSi.H3N/c1-10(2)16(27)23-19-22-15-12(17(28)24-19)21-9-25(15)18-13(33-35(6,7)20(3,4)5)14(34(29,30)31)11(8-26)32-18;/h9-11,13-14,18,26H,8H2,1-7H3,(H2,29,30,31)(H2,22,23,24,27,28);1H3/t11-,13+,14-,18-;/m1./s1. The van der Waals surface area contributed by atoms with Crippen LogP contribution in [0, 0.1) is 5.92 Å². The second-order valence-electron chi connectivity index (χ2n) is 10.6. The number of ether oxygens (including phenoxy) is 1. The van der Waals surface area contributed by atoms with E-state index in [-0.39, 0.29) is 40.1 Å². The van der Waals surface area contributed by atoms with Gasteiger partial charge in [0.25, 0.3) is 5.56 Å². The average molecular weight is 549 g/mol. The average Bonchev–Trinajstić information content (AvgIpc) is 3.27. The SMILES string of the molecule is CC(C)C(=O)Nc1nc2c(ncn2[C@@H]2O[C@H](CO)[C@@H](P(=O)(O)O)[C@@H]2O[Si](C)(C)C(C)(C)C)c(=O)[nH]1.N. The number of aliphatic hydroxyl groups is 1. The predicted octanol–water partition coefficient (Wildman–Crippen LogP) is 1.70. The van der Waals surface area contributed by atoms with Gasteiger partial charge in [0.1, 0.15) is 17.9 Å². The van der Waals surface area contributed by atoms with E-state index < -0.39 is 52.2 Å². The van der Waals surface area contributed by atoms with Crippen molar-refractivity contribution in [1.82, 2.24) is 25.7 Å². The summed E-state index contributed by atoms with van der Waals surface area (Å²) in [7, 11) is -7.39. The molecule has 1 saturated heterocycles. The number of aromatic nitrogens is 4. The van der Waals surface area contributed by atoms with Crippen LogP contribution < -0.4 is 17.0 Å². The van der Waals surface area contributed by atoms with Crippen molar-refractivity contribution < 1.29 is 33.4 Å². The topological polar surface area (TPSA) is 224 Å². The fraction of sp³-hybridized carbons (Fsp3) is 0.700. The second kappa shape index (κ2) is 10.4. The van der Waals surface area contributed by atoms with Crippen LogP contribution in [-0.4, -0.2) is 73.1 Å². The van der Waals surface area contributed by atoms with Gasteiger partial charge in [-0.3, -0.25) is 29.0 Å². The van der Waals surface area contributed by atoms with Gasteiger partial charge in [0.05, 0.1) is 12.9 Å². The number of carbonyl (C=O) groups is 1. The van der Waals surface area contributed by atoms with Crippen molar-refractivity contribution in [3.63, 3.8) is 0 Å². The molecule has 204 valence electrons. The van der Waals surface area contributed by atoms with Gasteiger partial charge in [0.15, 0.2) is 25.7 Å². The van der Waals surface area contributed by atoms with E-state index in [1.165, 1.54) is 10.9 Å². The third-order valence-corrected chi connectivity index (χ3v) is 12.5. The van der Waals surface area contributed by atoms with E-state index in [0.717, 1.165) is 0 Å². The lowest BCUT2D eigenvalue weighted by atomic mass is 10.2. The molecule has 3 heterocycles. The first kappa shape index (κ1) is 30.3. The van der Waals surface area contributed by atoms with E-state index in [0.29, 0.717) is 0 Å². The van der Waals surface area contributed by atoms with Gasteiger partial charge >= 0.3 is 7.60 Å². The highest BCUT2D eigenvalue weighted by atomic mass is 31.2. The maximum absolute atomic E-state index is 12.6. The van der Waals surface area contributed by atoms with Crippen molar-refractivity contribution in [2.45, 2.75) is 76.8 Å². The number of aliphatic hydroxyl groups excluding tert-OH is 1. The highest BCUT2D eigenvalue weighted by molar-refractivity contribution is 7.52. The van der Waals surface area contributed by atoms with Gasteiger partial charge in [-0.2, -0.15) is 4.98 Å². The molecular formula is C20H37N6O8PSi. The smallest absolute Gasteiger partial charge is 0.334 e. The number of hydrogen-bond donors (Lipinski definition) is 6. The molecule has 0 unspecified atom stereocenters. The minimum atomic E-state index is -4.80. The number of anilines is 1. The Balaban J connectivity index is 0.00000456. The Morgan fingerprint density at radius 2 is 1.97 bits per heavy atom. The van der Waals surface area contributed by atoms with E-state index >= 15 is 0 Å². The van der Waals surface area contributed by atoms with E-state index in [4.69, 9.17) is 9.16 Å². The number of fused-ring (bicyclic) bond motifs is 1. The van der Waals surface area contributed by atoms with Gasteiger partial charge in [-0.1, -0.05) is 34.6 Å². The summed E-state index contributed by atoms with van der Waals surface area (Å²) in [5.74, 6) is -0.833. The number of amides is 1. The summed E-state index contributed by atoms with van der Waals surface area (Å²) in [6.07, 6.45) is -2.27. The number of H-pyrrole nitrogens is 1. The molecule has 1 fully saturated rings. The maximum Gasteiger partial charge on any atom is 0.334 e. The maximum atomic E-state index is 12.6. The lowest BCUT2D eigenvalue weighted by Gasteiger charge is -2.40. The zero-order valence-electron chi connectivity index (χ0n) is 21.6. The first-order chi connectivity index (χ1) is 16.0. The van der Waals surface area contributed by atoms with Crippen LogP contribution in [0.5, 0.6) is 0 Å². The molecule has 1 aliphatic heterocycles. The van der Waals surface area contributed by atoms with Gasteiger partial charge in [-0.25, -0.2) is 4.98 Å². The normalized spacial score (nSPS) is 23.2. The van der Waals surface area contributed by atoms with Crippen molar-refractivity contribution >= 4 is 38.9 Å². The first-order valence-electron chi connectivity index (χ1n) is 11.2. The van der Waals surface area contributed by atoms with Crippen LogP contribution in [0.4, 0.5) is 5.95 Å². The third-order valence-electron chi connectivity index (χ3n) is 6.59. The van der Waals surface area contributed by atoms with Crippen LogP contribution in [0.1, 0.15) is 40.8 Å². The Bertz CT molecular complexity index is 1200. The number of hydrogen-bond acceptors (Lipinski definition) is 9. The van der Waals surface area contributed by atoms with E-state index in [2.05, 4.69) is 20.3 Å². The summed E-state index contributed by atoms with van der Waals surface area (Å²) >= 11 is 0. The minimum Gasteiger partial charge on any atom is -0.408 e. The minimum absolute atomic E-state index is 0. The van der Waals surface area contributed by atoms with Crippen LogP contribution in [0.2, 0.25) is 18.1 Å². The molecule has 8 N–H and O–H groups in total. The Kier molecular flexibility index (Phi) is 8.75. The highest BCUT2D eigenvalue weighted by Gasteiger charge is 2.57. The predicted molar refractivity (Wildman–Crippen MR) is 136 cm³/mol. The molecule has 3 rings (SSSR count). The van der Waals surface area contributed by atoms with Gasteiger partial charge in [0, 0.05) is 5.92 Å². The zero-order valence-corrected chi connectivity index (χ0v) is 23.4. The van der Waals surface area contributed by atoms with Crippen LogP contribution in [0.3, 0.4) is 0 Å². The van der Waals surface area contributed by atoms with Crippen LogP contribution in [0.15, 0.2) is 11.1 Å². The monoisotopic (exact) mass is 548 g/mol. The molecule has 0 aromatic carbocycles. The highest BCUT2D eigenvalue weighted by Crippen LogP contribution is 2.54. The molecule has 2 aromatic heterocycles. The van der Waals surface area contributed by atoms with Gasteiger partial charge < -0.3 is 30.2 Å². The number of nitrogens with zero attached hydrogens (tertiary/aromatic N) is 3. The Labute approximate surface area is 209 Å². The lowest BCUT2D eigenvalue weighted by molar-refractivity contribution is -0.118. The summed E-state index contributed by atoms with van der Waals surface area (Å²) in [5, 5.41) is 12.1. The summed E-state index contributed by atoms with van der Waals surface area (Å²) in [4.78, 5) is 55.9. The van der Waals surface area contributed by atoms with Crippen LogP contribution in [0.25, 0.3) is 11.2 Å². The number of carbonyl (C=O) groups excluding carboxylic acids is 1. The number of rotatable bonds is 7. The summed E-state index contributed by atoms with van der Waals surface area (Å²) in [6.45, 7) is 12.5. The van der Waals surface area contributed by atoms with Crippen LogP contribution in [-0.2, 0) is 18.5 Å². The zero-order chi connectivity index (χ0) is 26.5. The Morgan fingerprint density at radius 1 is 1.36 bits per heavy atom. The second-order valence-corrected chi connectivity index (χ2v) is 17.1. The van der Waals surface area contributed by atoms with Gasteiger partial charge in [-0.15, -0.1) is 0 Å². The molecule has 0 radical (unpaired) electrons. The van der Waals surface area contributed by atoms with Gasteiger partial charge in [-0.05, 0) is 18.1 Å². The van der Waals surface area contributed by atoms with Crippen molar-refractivity contribution in [2.24, 2.45) is 5.92 Å². The summed E-state index contributed by atoms with van der Waals surface area (Å²) < 4.78 is 26.2. The van der Waals surface area contributed by atoms with Crippen molar-refractivity contribution in [2.75, 3.05) is 11.9 Å². The molecule has 36 heavy (non-hydrogen) atoms.